The van der Waals surface area contributed by atoms with Crippen molar-refractivity contribution in [1.82, 2.24) is 5.32 Å². The summed E-state index contributed by atoms with van der Waals surface area (Å²) in [6, 6.07) is 9.30. The van der Waals surface area contributed by atoms with Crippen LogP contribution >= 0.6 is 0 Å². The number of nitrogens with one attached hydrogen (secondary N) is 1. The van der Waals surface area contributed by atoms with Crippen LogP contribution in [-0.2, 0) is 6.54 Å². The third kappa shape index (κ3) is 4.51. The van der Waals surface area contributed by atoms with E-state index < -0.39 is 0 Å². The van der Waals surface area contributed by atoms with Crippen LogP contribution in [0.4, 0.5) is 0 Å². The topological polar surface area (TPSA) is 47.3 Å². The zero-order chi connectivity index (χ0) is 13.7. The second-order valence-corrected chi connectivity index (χ2v) is 5.77. The Hall–Kier alpha value is -1.06. The summed E-state index contributed by atoms with van der Waals surface area (Å²) in [7, 11) is 0. The van der Waals surface area contributed by atoms with Gasteiger partial charge in [0, 0.05) is 24.2 Å². The van der Waals surface area contributed by atoms with Gasteiger partial charge in [-0.05, 0) is 45.6 Å². The normalized spacial score (nSPS) is 23.6. The van der Waals surface area contributed by atoms with Crippen molar-refractivity contribution in [2.75, 3.05) is 0 Å². The lowest BCUT2D eigenvalue weighted by Crippen LogP contribution is -2.37. The highest BCUT2D eigenvalue weighted by molar-refractivity contribution is 5.33. The summed E-state index contributed by atoms with van der Waals surface area (Å²) in [6.45, 7) is 5.00. The number of para-hydroxylation sites is 1. The summed E-state index contributed by atoms with van der Waals surface area (Å²) >= 11 is 0. The van der Waals surface area contributed by atoms with Crippen molar-refractivity contribution in [3.63, 3.8) is 0 Å². The van der Waals surface area contributed by atoms with E-state index in [2.05, 4.69) is 31.3 Å². The predicted molar refractivity (Wildman–Crippen MR) is 79.3 cm³/mol. The van der Waals surface area contributed by atoms with Gasteiger partial charge < -0.3 is 15.8 Å². The molecule has 2 rings (SSSR count). The maximum Gasteiger partial charge on any atom is 0.124 e. The first-order valence-electron chi connectivity index (χ1n) is 7.38. The second kappa shape index (κ2) is 6.92. The second-order valence-electron chi connectivity index (χ2n) is 5.77. The maximum atomic E-state index is 5.94. The summed E-state index contributed by atoms with van der Waals surface area (Å²) in [5, 5.41) is 3.64. The minimum atomic E-state index is 0.217. The number of ether oxygens (including phenoxy) is 1. The van der Waals surface area contributed by atoms with Gasteiger partial charge in [0.1, 0.15) is 5.75 Å². The van der Waals surface area contributed by atoms with Crippen molar-refractivity contribution in [1.29, 1.82) is 0 Å². The molecule has 0 saturated heterocycles. The van der Waals surface area contributed by atoms with E-state index in [1.807, 2.05) is 12.1 Å². The molecular weight excluding hydrogens is 236 g/mol. The average molecular weight is 262 g/mol. The van der Waals surface area contributed by atoms with Gasteiger partial charge in [-0.1, -0.05) is 18.2 Å². The Morgan fingerprint density at radius 1 is 1.21 bits per heavy atom. The molecule has 0 amide bonds. The van der Waals surface area contributed by atoms with Gasteiger partial charge in [0.15, 0.2) is 0 Å². The Kier molecular flexibility index (Phi) is 5.23. The quantitative estimate of drug-likeness (QED) is 0.858. The third-order valence-electron chi connectivity index (χ3n) is 3.69. The Morgan fingerprint density at radius 3 is 2.58 bits per heavy atom. The molecule has 1 saturated carbocycles. The molecule has 3 heteroatoms. The van der Waals surface area contributed by atoms with Gasteiger partial charge in [-0.25, -0.2) is 0 Å². The molecule has 106 valence electrons. The fourth-order valence-corrected chi connectivity index (χ4v) is 2.60. The molecule has 0 radical (unpaired) electrons. The molecule has 19 heavy (non-hydrogen) atoms. The van der Waals surface area contributed by atoms with Crippen LogP contribution in [0.2, 0.25) is 0 Å². The Bertz CT molecular complexity index is 384. The van der Waals surface area contributed by atoms with Crippen molar-refractivity contribution in [2.24, 2.45) is 5.73 Å². The monoisotopic (exact) mass is 262 g/mol. The highest BCUT2D eigenvalue weighted by Crippen LogP contribution is 2.21. The largest absolute Gasteiger partial charge is 0.491 e. The highest BCUT2D eigenvalue weighted by atomic mass is 16.5. The van der Waals surface area contributed by atoms with Crippen LogP contribution in [0.1, 0.15) is 45.1 Å². The van der Waals surface area contributed by atoms with Gasteiger partial charge in [-0.2, -0.15) is 0 Å². The van der Waals surface area contributed by atoms with Crippen molar-refractivity contribution in [3.05, 3.63) is 29.8 Å². The van der Waals surface area contributed by atoms with E-state index in [9.17, 15) is 0 Å². The molecule has 1 aliphatic carbocycles. The fourth-order valence-electron chi connectivity index (χ4n) is 2.60. The smallest absolute Gasteiger partial charge is 0.124 e. The van der Waals surface area contributed by atoms with Gasteiger partial charge in [0.05, 0.1) is 6.10 Å². The minimum Gasteiger partial charge on any atom is -0.491 e. The van der Waals surface area contributed by atoms with E-state index in [1.165, 1.54) is 18.4 Å². The van der Waals surface area contributed by atoms with Gasteiger partial charge in [-0.3, -0.25) is 0 Å². The molecule has 1 aliphatic rings. The van der Waals surface area contributed by atoms with Crippen LogP contribution in [0.25, 0.3) is 0 Å². The average Bonchev–Trinajstić information content (AvgIpc) is 2.39. The standard InChI is InChI=1S/C16H26N2O/c1-12(2)19-16-6-4-3-5-13(16)11-18-15-9-7-14(17)8-10-15/h3-6,12,14-15,18H,7-11,17H2,1-2H3. The Balaban J connectivity index is 1.88. The first kappa shape index (κ1) is 14.4. The van der Waals surface area contributed by atoms with Crippen LogP contribution in [-0.4, -0.2) is 18.2 Å². The number of hydrogen-bond donors (Lipinski definition) is 2. The van der Waals surface area contributed by atoms with E-state index in [0.29, 0.717) is 12.1 Å². The molecule has 0 unspecified atom stereocenters. The molecule has 0 aliphatic heterocycles. The summed E-state index contributed by atoms with van der Waals surface area (Å²) in [6.07, 6.45) is 4.88. The molecule has 0 heterocycles. The van der Waals surface area contributed by atoms with Crippen molar-refractivity contribution < 1.29 is 4.74 Å². The lowest BCUT2D eigenvalue weighted by atomic mass is 9.92. The van der Waals surface area contributed by atoms with Gasteiger partial charge in [0.2, 0.25) is 0 Å². The van der Waals surface area contributed by atoms with Gasteiger partial charge in [0.25, 0.3) is 0 Å². The molecule has 0 atom stereocenters. The summed E-state index contributed by atoms with van der Waals surface area (Å²) in [5.41, 5.74) is 7.18. The Labute approximate surface area is 116 Å². The molecule has 0 aromatic heterocycles. The summed E-state index contributed by atoms with van der Waals surface area (Å²) in [4.78, 5) is 0. The molecule has 3 N–H and O–H groups in total. The molecule has 0 spiro atoms. The molecule has 1 aromatic rings. The molecule has 1 fully saturated rings. The van der Waals surface area contributed by atoms with Crippen LogP contribution in [0.15, 0.2) is 24.3 Å². The molecule has 1 aromatic carbocycles. The van der Waals surface area contributed by atoms with Crippen molar-refractivity contribution in [3.8, 4) is 5.75 Å². The van der Waals surface area contributed by atoms with Crippen LogP contribution < -0.4 is 15.8 Å². The van der Waals surface area contributed by atoms with E-state index in [1.54, 1.807) is 0 Å². The summed E-state index contributed by atoms with van der Waals surface area (Å²) in [5.74, 6) is 0.998. The number of nitrogens with two attached hydrogens (primary N) is 1. The first-order chi connectivity index (χ1) is 9.15. The number of rotatable bonds is 5. The minimum absolute atomic E-state index is 0.217. The van der Waals surface area contributed by atoms with Gasteiger partial charge >= 0.3 is 0 Å². The van der Waals surface area contributed by atoms with E-state index in [4.69, 9.17) is 10.5 Å². The predicted octanol–water partition coefficient (Wildman–Crippen LogP) is 2.83. The van der Waals surface area contributed by atoms with E-state index in [-0.39, 0.29) is 6.10 Å². The zero-order valence-corrected chi connectivity index (χ0v) is 12.1. The highest BCUT2D eigenvalue weighted by Gasteiger charge is 2.18. The zero-order valence-electron chi connectivity index (χ0n) is 12.1. The van der Waals surface area contributed by atoms with Crippen molar-refractivity contribution in [2.45, 2.75) is 64.3 Å². The SMILES string of the molecule is CC(C)Oc1ccccc1CNC1CCC(N)CC1. The summed E-state index contributed by atoms with van der Waals surface area (Å²) < 4.78 is 5.84. The first-order valence-corrected chi connectivity index (χ1v) is 7.38. The number of benzene rings is 1. The van der Waals surface area contributed by atoms with Crippen LogP contribution in [0, 0.1) is 0 Å². The lowest BCUT2D eigenvalue weighted by Gasteiger charge is -2.27. The lowest BCUT2D eigenvalue weighted by molar-refractivity contribution is 0.238. The molecule has 0 bridgehead atoms. The maximum absolute atomic E-state index is 5.94. The Morgan fingerprint density at radius 2 is 1.89 bits per heavy atom. The molecular formula is C16H26N2O. The van der Waals surface area contributed by atoms with Crippen LogP contribution in [0.5, 0.6) is 5.75 Å². The number of hydrogen-bond acceptors (Lipinski definition) is 3. The fraction of sp³-hybridized carbons (Fsp3) is 0.625. The van der Waals surface area contributed by atoms with E-state index in [0.717, 1.165) is 25.1 Å². The third-order valence-corrected chi connectivity index (χ3v) is 3.69. The molecule has 3 nitrogen and oxygen atoms in total. The van der Waals surface area contributed by atoms with E-state index >= 15 is 0 Å². The van der Waals surface area contributed by atoms with Gasteiger partial charge in [-0.15, -0.1) is 0 Å². The van der Waals surface area contributed by atoms with Crippen molar-refractivity contribution >= 4 is 0 Å². The van der Waals surface area contributed by atoms with Crippen LogP contribution in [0.3, 0.4) is 0 Å².